The number of nitrogens with one attached hydrogen (secondary N) is 2. The summed E-state index contributed by atoms with van der Waals surface area (Å²) in [5, 5.41) is 4.65. The molecule has 0 bridgehead atoms. The first-order valence-corrected chi connectivity index (χ1v) is 7.58. The number of carbonyl (C=O) groups is 1. The number of amides is 2. The Hall–Kier alpha value is -2.63. The van der Waals surface area contributed by atoms with Crippen molar-refractivity contribution in [1.29, 1.82) is 0 Å². The Morgan fingerprint density at radius 2 is 1.67 bits per heavy atom. The first-order chi connectivity index (χ1) is 11.4. The number of rotatable bonds is 5. The van der Waals surface area contributed by atoms with Crippen LogP contribution in [0.4, 0.5) is 19.3 Å². The maximum atomic E-state index is 13.4. The molecular formula is C18H20F2N2O2. The van der Waals surface area contributed by atoms with Gasteiger partial charge in [0.05, 0.1) is 6.54 Å². The van der Waals surface area contributed by atoms with E-state index in [2.05, 4.69) is 10.6 Å². The van der Waals surface area contributed by atoms with E-state index in [1.807, 2.05) is 32.9 Å². The van der Waals surface area contributed by atoms with Crippen LogP contribution in [0.1, 0.15) is 16.7 Å². The highest BCUT2D eigenvalue weighted by atomic mass is 19.1. The van der Waals surface area contributed by atoms with Crippen molar-refractivity contribution in [2.75, 3.05) is 18.5 Å². The molecule has 0 aliphatic heterocycles. The first-order valence-electron chi connectivity index (χ1n) is 7.58. The summed E-state index contributed by atoms with van der Waals surface area (Å²) in [4.78, 5) is 11.7. The maximum Gasteiger partial charge on any atom is 0.319 e. The van der Waals surface area contributed by atoms with Crippen molar-refractivity contribution in [2.24, 2.45) is 0 Å². The quantitative estimate of drug-likeness (QED) is 0.809. The lowest BCUT2D eigenvalue weighted by Gasteiger charge is -2.14. The second-order valence-corrected chi connectivity index (χ2v) is 5.48. The number of anilines is 1. The Bertz CT molecular complexity index is 728. The van der Waals surface area contributed by atoms with Crippen LogP contribution in [0.2, 0.25) is 0 Å². The molecule has 128 valence electrons. The SMILES string of the molecule is Cc1ccc(C)c(OCCNC(=O)Nc2c(F)cccc2F)c1C. The summed E-state index contributed by atoms with van der Waals surface area (Å²) in [6.07, 6.45) is 0. The average molecular weight is 334 g/mol. The number of carbonyl (C=O) groups excluding carboxylic acids is 1. The molecule has 2 rings (SSSR count). The third-order valence-electron chi connectivity index (χ3n) is 3.71. The maximum absolute atomic E-state index is 13.4. The van der Waals surface area contributed by atoms with Crippen molar-refractivity contribution >= 4 is 11.7 Å². The Balaban J connectivity index is 1.85. The monoisotopic (exact) mass is 334 g/mol. The van der Waals surface area contributed by atoms with Gasteiger partial charge in [-0.25, -0.2) is 13.6 Å². The van der Waals surface area contributed by atoms with Crippen LogP contribution in [0.5, 0.6) is 5.75 Å². The fourth-order valence-corrected chi connectivity index (χ4v) is 2.24. The lowest BCUT2D eigenvalue weighted by Crippen LogP contribution is -2.32. The van der Waals surface area contributed by atoms with Gasteiger partial charge in [-0.1, -0.05) is 18.2 Å². The lowest BCUT2D eigenvalue weighted by atomic mass is 10.1. The van der Waals surface area contributed by atoms with E-state index < -0.39 is 23.4 Å². The third-order valence-corrected chi connectivity index (χ3v) is 3.71. The van der Waals surface area contributed by atoms with E-state index in [1.165, 1.54) is 6.07 Å². The summed E-state index contributed by atoms with van der Waals surface area (Å²) >= 11 is 0. The molecule has 0 aromatic heterocycles. The van der Waals surface area contributed by atoms with E-state index in [1.54, 1.807) is 0 Å². The zero-order valence-electron chi connectivity index (χ0n) is 13.9. The molecule has 0 aliphatic carbocycles. The number of benzene rings is 2. The van der Waals surface area contributed by atoms with Gasteiger partial charge >= 0.3 is 6.03 Å². The largest absolute Gasteiger partial charge is 0.491 e. The summed E-state index contributed by atoms with van der Waals surface area (Å²) in [6, 6.07) is 6.68. The second kappa shape index (κ2) is 7.77. The van der Waals surface area contributed by atoms with Crippen molar-refractivity contribution in [3.63, 3.8) is 0 Å². The lowest BCUT2D eigenvalue weighted by molar-refractivity contribution is 0.247. The Labute approximate surface area is 139 Å². The fraction of sp³-hybridized carbons (Fsp3) is 0.278. The zero-order valence-corrected chi connectivity index (χ0v) is 13.9. The minimum Gasteiger partial charge on any atom is -0.491 e. The molecule has 0 radical (unpaired) electrons. The van der Waals surface area contributed by atoms with Crippen LogP contribution in [0.15, 0.2) is 30.3 Å². The highest BCUT2D eigenvalue weighted by Gasteiger charge is 2.11. The Morgan fingerprint density at radius 3 is 2.33 bits per heavy atom. The number of ether oxygens (including phenoxy) is 1. The molecule has 0 atom stereocenters. The van der Waals surface area contributed by atoms with E-state index in [4.69, 9.17) is 4.74 Å². The average Bonchev–Trinajstić information content (AvgIpc) is 2.54. The van der Waals surface area contributed by atoms with Gasteiger partial charge in [-0.2, -0.15) is 0 Å². The van der Waals surface area contributed by atoms with Crippen LogP contribution in [0.25, 0.3) is 0 Å². The van der Waals surface area contributed by atoms with Crippen LogP contribution in [-0.4, -0.2) is 19.2 Å². The Morgan fingerprint density at radius 1 is 1.04 bits per heavy atom. The van der Waals surface area contributed by atoms with Crippen molar-refractivity contribution in [3.8, 4) is 5.75 Å². The molecular weight excluding hydrogens is 314 g/mol. The molecule has 0 saturated heterocycles. The van der Waals surface area contributed by atoms with Gasteiger partial charge in [0.1, 0.15) is 29.7 Å². The molecule has 0 saturated carbocycles. The molecule has 2 aromatic carbocycles. The summed E-state index contributed by atoms with van der Waals surface area (Å²) < 4.78 is 32.6. The summed E-state index contributed by atoms with van der Waals surface area (Å²) in [6.45, 7) is 6.37. The van der Waals surface area contributed by atoms with Gasteiger partial charge in [0.2, 0.25) is 0 Å². The van der Waals surface area contributed by atoms with E-state index in [-0.39, 0.29) is 13.2 Å². The van der Waals surface area contributed by atoms with Crippen LogP contribution < -0.4 is 15.4 Å². The minimum absolute atomic E-state index is 0.203. The molecule has 2 N–H and O–H groups in total. The van der Waals surface area contributed by atoms with E-state index in [9.17, 15) is 13.6 Å². The number of hydrogen-bond acceptors (Lipinski definition) is 2. The van der Waals surface area contributed by atoms with Crippen LogP contribution >= 0.6 is 0 Å². The number of urea groups is 1. The predicted molar refractivity (Wildman–Crippen MR) is 89.5 cm³/mol. The van der Waals surface area contributed by atoms with Crippen molar-refractivity contribution in [3.05, 3.63) is 58.7 Å². The van der Waals surface area contributed by atoms with Crippen molar-refractivity contribution in [2.45, 2.75) is 20.8 Å². The smallest absolute Gasteiger partial charge is 0.319 e. The van der Waals surface area contributed by atoms with Crippen molar-refractivity contribution in [1.82, 2.24) is 5.32 Å². The highest BCUT2D eigenvalue weighted by molar-refractivity contribution is 5.89. The molecule has 0 spiro atoms. The molecule has 2 aromatic rings. The van der Waals surface area contributed by atoms with Gasteiger partial charge in [-0.05, 0) is 49.6 Å². The number of aryl methyl sites for hydroxylation is 2. The molecule has 0 aliphatic rings. The molecule has 0 fully saturated rings. The van der Waals surface area contributed by atoms with Gasteiger partial charge in [0.25, 0.3) is 0 Å². The fourth-order valence-electron chi connectivity index (χ4n) is 2.24. The van der Waals surface area contributed by atoms with E-state index in [0.29, 0.717) is 0 Å². The van der Waals surface area contributed by atoms with Gasteiger partial charge in [-0.15, -0.1) is 0 Å². The molecule has 6 heteroatoms. The third kappa shape index (κ3) is 4.22. The summed E-state index contributed by atoms with van der Waals surface area (Å²) in [7, 11) is 0. The second-order valence-electron chi connectivity index (χ2n) is 5.48. The van der Waals surface area contributed by atoms with E-state index >= 15 is 0 Å². The summed E-state index contributed by atoms with van der Waals surface area (Å²) in [5.41, 5.74) is 2.71. The number of hydrogen-bond donors (Lipinski definition) is 2. The Kier molecular flexibility index (Phi) is 5.73. The van der Waals surface area contributed by atoms with Gasteiger partial charge in [0, 0.05) is 0 Å². The first kappa shape index (κ1) is 17.7. The van der Waals surface area contributed by atoms with Gasteiger partial charge in [-0.3, -0.25) is 0 Å². The van der Waals surface area contributed by atoms with Crippen LogP contribution in [-0.2, 0) is 0 Å². The zero-order chi connectivity index (χ0) is 17.7. The minimum atomic E-state index is -0.826. The standard InChI is InChI=1S/C18H20F2N2O2/c1-11-7-8-12(2)17(13(11)3)24-10-9-21-18(23)22-16-14(19)5-4-6-15(16)20/h4-8H,9-10H2,1-3H3,(H2,21,22,23). The predicted octanol–water partition coefficient (Wildman–Crippen LogP) is 4.09. The van der Waals surface area contributed by atoms with Crippen molar-refractivity contribution < 1.29 is 18.3 Å². The molecule has 0 heterocycles. The molecule has 24 heavy (non-hydrogen) atoms. The van der Waals surface area contributed by atoms with Gasteiger partial charge in [0.15, 0.2) is 0 Å². The van der Waals surface area contributed by atoms with Gasteiger partial charge < -0.3 is 15.4 Å². The molecule has 2 amide bonds. The van der Waals surface area contributed by atoms with Crippen LogP contribution in [0.3, 0.4) is 0 Å². The number of para-hydroxylation sites is 1. The van der Waals surface area contributed by atoms with Crippen LogP contribution in [0, 0.1) is 32.4 Å². The summed E-state index contributed by atoms with van der Waals surface area (Å²) in [5.74, 6) is -0.864. The molecule has 0 unspecified atom stereocenters. The highest BCUT2D eigenvalue weighted by Crippen LogP contribution is 2.25. The topological polar surface area (TPSA) is 50.4 Å². The van der Waals surface area contributed by atoms with E-state index in [0.717, 1.165) is 34.6 Å². The number of halogens is 2. The normalized spacial score (nSPS) is 10.4. The molecule has 4 nitrogen and oxygen atoms in total.